The summed E-state index contributed by atoms with van der Waals surface area (Å²) in [4.78, 5) is 4.35. The van der Waals surface area contributed by atoms with Gasteiger partial charge in [-0.15, -0.1) is 0 Å². The SMILES string of the molecule is CC1CC=NC(C)CC1. The third-order valence-corrected chi connectivity index (χ3v) is 1.94. The van der Waals surface area contributed by atoms with E-state index in [0.29, 0.717) is 6.04 Å². The van der Waals surface area contributed by atoms with Gasteiger partial charge < -0.3 is 0 Å². The van der Waals surface area contributed by atoms with E-state index in [9.17, 15) is 0 Å². The summed E-state index contributed by atoms with van der Waals surface area (Å²) in [6.45, 7) is 4.48. The summed E-state index contributed by atoms with van der Waals surface area (Å²) in [5.74, 6) is 0.860. The molecule has 1 heterocycles. The van der Waals surface area contributed by atoms with Gasteiger partial charge in [-0.1, -0.05) is 6.92 Å². The minimum absolute atomic E-state index is 0.579. The van der Waals surface area contributed by atoms with E-state index in [2.05, 4.69) is 25.1 Å². The Morgan fingerprint density at radius 1 is 1.33 bits per heavy atom. The number of hydrogen-bond donors (Lipinski definition) is 0. The first-order valence-electron chi connectivity index (χ1n) is 3.80. The van der Waals surface area contributed by atoms with Gasteiger partial charge in [-0.05, 0) is 38.3 Å². The summed E-state index contributed by atoms with van der Waals surface area (Å²) >= 11 is 0. The van der Waals surface area contributed by atoms with E-state index in [-0.39, 0.29) is 0 Å². The molecule has 0 aromatic carbocycles. The van der Waals surface area contributed by atoms with Gasteiger partial charge in [0.25, 0.3) is 0 Å². The number of nitrogens with zero attached hydrogens (tertiary/aromatic N) is 1. The predicted molar refractivity (Wildman–Crippen MR) is 41.0 cm³/mol. The molecule has 1 rings (SSSR count). The molecule has 0 saturated carbocycles. The second-order valence-electron chi connectivity index (χ2n) is 3.10. The highest BCUT2D eigenvalue weighted by Crippen LogP contribution is 2.15. The molecule has 0 spiro atoms. The van der Waals surface area contributed by atoms with Gasteiger partial charge in [-0.25, -0.2) is 0 Å². The van der Waals surface area contributed by atoms with E-state index in [4.69, 9.17) is 0 Å². The van der Waals surface area contributed by atoms with Crippen LogP contribution in [0.2, 0.25) is 0 Å². The number of rotatable bonds is 0. The normalized spacial score (nSPS) is 36.2. The highest BCUT2D eigenvalue weighted by molar-refractivity contribution is 5.58. The van der Waals surface area contributed by atoms with Gasteiger partial charge in [0, 0.05) is 6.04 Å². The Kier molecular flexibility index (Phi) is 2.26. The fourth-order valence-electron chi connectivity index (χ4n) is 1.14. The van der Waals surface area contributed by atoms with Gasteiger partial charge in [-0.3, -0.25) is 4.99 Å². The van der Waals surface area contributed by atoms with Crippen LogP contribution in [0.5, 0.6) is 0 Å². The van der Waals surface area contributed by atoms with Gasteiger partial charge >= 0.3 is 0 Å². The monoisotopic (exact) mass is 125 g/mol. The zero-order valence-corrected chi connectivity index (χ0v) is 6.30. The van der Waals surface area contributed by atoms with Crippen molar-refractivity contribution in [3.63, 3.8) is 0 Å². The molecule has 9 heavy (non-hydrogen) atoms. The Morgan fingerprint density at radius 3 is 2.89 bits per heavy atom. The predicted octanol–water partition coefficient (Wildman–Crippen LogP) is 2.27. The summed E-state index contributed by atoms with van der Waals surface area (Å²) in [5, 5.41) is 0. The van der Waals surface area contributed by atoms with Crippen LogP contribution in [0.25, 0.3) is 0 Å². The molecule has 0 amide bonds. The van der Waals surface area contributed by atoms with Crippen molar-refractivity contribution in [2.24, 2.45) is 10.9 Å². The van der Waals surface area contributed by atoms with Crippen molar-refractivity contribution in [1.29, 1.82) is 0 Å². The van der Waals surface area contributed by atoms with Crippen molar-refractivity contribution in [1.82, 2.24) is 0 Å². The molecule has 0 saturated heterocycles. The Bertz CT molecular complexity index is 107. The molecule has 0 aromatic heterocycles. The van der Waals surface area contributed by atoms with Crippen molar-refractivity contribution >= 4 is 6.21 Å². The topological polar surface area (TPSA) is 12.4 Å². The third-order valence-electron chi connectivity index (χ3n) is 1.94. The number of aliphatic imine (C=N–C) groups is 1. The van der Waals surface area contributed by atoms with Crippen LogP contribution in [0.4, 0.5) is 0 Å². The van der Waals surface area contributed by atoms with E-state index < -0.39 is 0 Å². The van der Waals surface area contributed by atoms with Gasteiger partial charge in [0.15, 0.2) is 0 Å². The van der Waals surface area contributed by atoms with Gasteiger partial charge in [0.1, 0.15) is 0 Å². The van der Waals surface area contributed by atoms with Crippen LogP contribution in [0.15, 0.2) is 4.99 Å². The maximum atomic E-state index is 4.35. The van der Waals surface area contributed by atoms with Crippen molar-refractivity contribution in [2.75, 3.05) is 0 Å². The van der Waals surface area contributed by atoms with Crippen LogP contribution in [0.3, 0.4) is 0 Å². The van der Waals surface area contributed by atoms with Crippen LogP contribution in [-0.2, 0) is 0 Å². The third kappa shape index (κ3) is 2.17. The molecule has 0 bridgehead atoms. The molecule has 1 aliphatic rings. The fraction of sp³-hybridized carbons (Fsp3) is 0.875. The molecule has 0 fully saturated rings. The zero-order chi connectivity index (χ0) is 6.69. The maximum Gasteiger partial charge on any atom is 0.0467 e. The highest BCUT2D eigenvalue weighted by Gasteiger charge is 2.07. The average Bonchev–Trinajstić information content (AvgIpc) is 1.97. The lowest BCUT2D eigenvalue weighted by molar-refractivity contribution is 0.515. The lowest BCUT2D eigenvalue weighted by Gasteiger charge is -2.04. The molecule has 1 aliphatic heterocycles. The van der Waals surface area contributed by atoms with Crippen LogP contribution in [-0.4, -0.2) is 12.3 Å². The van der Waals surface area contributed by atoms with Gasteiger partial charge in [0.2, 0.25) is 0 Å². The highest BCUT2D eigenvalue weighted by atomic mass is 14.8. The summed E-state index contributed by atoms with van der Waals surface area (Å²) in [7, 11) is 0. The molecule has 2 atom stereocenters. The summed E-state index contributed by atoms with van der Waals surface area (Å²) < 4.78 is 0. The average molecular weight is 125 g/mol. The fourth-order valence-corrected chi connectivity index (χ4v) is 1.14. The van der Waals surface area contributed by atoms with E-state index in [1.807, 2.05) is 0 Å². The second-order valence-corrected chi connectivity index (χ2v) is 3.10. The molecule has 2 unspecified atom stereocenters. The summed E-state index contributed by atoms with van der Waals surface area (Å²) in [6, 6.07) is 0.579. The van der Waals surface area contributed by atoms with Crippen molar-refractivity contribution in [3.8, 4) is 0 Å². The summed E-state index contributed by atoms with van der Waals surface area (Å²) in [6.07, 6.45) is 5.89. The minimum Gasteiger partial charge on any atom is -0.294 e. The first kappa shape index (κ1) is 6.79. The van der Waals surface area contributed by atoms with E-state index in [1.54, 1.807) is 0 Å². The lowest BCUT2D eigenvalue weighted by atomic mass is 10.0. The largest absolute Gasteiger partial charge is 0.294 e. The molecular weight excluding hydrogens is 110 g/mol. The lowest BCUT2D eigenvalue weighted by Crippen LogP contribution is -1.96. The molecule has 0 N–H and O–H groups in total. The van der Waals surface area contributed by atoms with Crippen molar-refractivity contribution < 1.29 is 0 Å². The maximum absolute atomic E-state index is 4.35. The molecule has 52 valence electrons. The summed E-state index contributed by atoms with van der Waals surface area (Å²) in [5.41, 5.74) is 0. The standard InChI is InChI=1S/C8H15N/c1-7-3-4-8(2)9-6-5-7/h6-8H,3-5H2,1-2H3. The van der Waals surface area contributed by atoms with Gasteiger partial charge in [-0.2, -0.15) is 0 Å². The number of hydrogen-bond acceptors (Lipinski definition) is 1. The smallest absolute Gasteiger partial charge is 0.0467 e. The molecule has 0 radical (unpaired) electrons. The first-order valence-corrected chi connectivity index (χ1v) is 3.80. The molecule has 0 aliphatic carbocycles. The quantitative estimate of drug-likeness (QED) is 0.471. The van der Waals surface area contributed by atoms with Crippen LogP contribution < -0.4 is 0 Å². The van der Waals surface area contributed by atoms with E-state index in [0.717, 1.165) is 5.92 Å². The van der Waals surface area contributed by atoms with Gasteiger partial charge in [0.05, 0.1) is 0 Å². The molecule has 1 heteroatoms. The molecule has 1 nitrogen and oxygen atoms in total. The van der Waals surface area contributed by atoms with Crippen molar-refractivity contribution in [3.05, 3.63) is 0 Å². The second kappa shape index (κ2) is 3.00. The first-order chi connectivity index (χ1) is 4.29. The van der Waals surface area contributed by atoms with E-state index in [1.165, 1.54) is 19.3 Å². The Hall–Kier alpha value is -0.330. The Morgan fingerprint density at radius 2 is 2.11 bits per heavy atom. The molecule has 0 aromatic rings. The van der Waals surface area contributed by atoms with Crippen molar-refractivity contribution in [2.45, 2.75) is 39.2 Å². The minimum atomic E-state index is 0.579. The Labute approximate surface area is 57.2 Å². The Balaban J connectivity index is 2.39. The van der Waals surface area contributed by atoms with E-state index >= 15 is 0 Å². The van der Waals surface area contributed by atoms with Crippen LogP contribution in [0.1, 0.15) is 33.1 Å². The van der Waals surface area contributed by atoms with Crippen LogP contribution in [0, 0.1) is 5.92 Å². The zero-order valence-electron chi connectivity index (χ0n) is 6.30. The van der Waals surface area contributed by atoms with Crippen LogP contribution >= 0.6 is 0 Å². The molecular formula is C8H15N.